The average molecular weight is 412 g/mol. The summed E-state index contributed by atoms with van der Waals surface area (Å²) in [6.45, 7) is 8.00. The van der Waals surface area contributed by atoms with Crippen LogP contribution in [-0.4, -0.2) is 18.1 Å². The molecule has 31 heavy (non-hydrogen) atoms. The van der Waals surface area contributed by atoms with E-state index in [1.165, 1.54) is 0 Å². The number of aromatic nitrogens is 1. The largest absolute Gasteiger partial charge is 0.497 e. The molecule has 4 aromatic rings. The molecule has 0 spiro atoms. The lowest BCUT2D eigenvalue weighted by atomic mass is 9.99. The Balaban J connectivity index is 1.88. The molecule has 0 amide bonds. The topological polar surface area (TPSA) is 48.4 Å². The van der Waals surface area contributed by atoms with E-state index in [1.54, 1.807) is 13.2 Å². The van der Waals surface area contributed by atoms with Crippen molar-refractivity contribution in [1.29, 1.82) is 0 Å². The van der Waals surface area contributed by atoms with E-state index in [1.807, 2.05) is 76.2 Å². The Morgan fingerprint density at radius 2 is 1.52 bits per heavy atom. The molecule has 156 valence electrons. The molecule has 0 radical (unpaired) electrons. The predicted molar refractivity (Wildman–Crippen MR) is 124 cm³/mol. The number of fused-ring (bicyclic) bond motifs is 1. The summed E-state index contributed by atoms with van der Waals surface area (Å²) in [6.07, 6.45) is 0. The van der Waals surface area contributed by atoms with Crippen LogP contribution in [0.3, 0.4) is 0 Å². The first-order chi connectivity index (χ1) is 14.8. The number of ether oxygens (including phenoxy) is 2. The van der Waals surface area contributed by atoms with Crippen molar-refractivity contribution in [3.05, 3.63) is 88.5 Å². The van der Waals surface area contributed by atoms with Gasteiger partial charge in [-0.15, -0.1) is 0 Å². The summed E-state index contributed by atoms with van der Waals surface area (Å²) in [5.41, 5.74) is 7.04. The Morgan fingerprint density at radius 1 is 0.806 bits per heavy atom. The fourth-order valence-corrected chi connectivity index (χ4v) is 3.93. The highest BCUT2D eigenvalue weighted by Crippen LogP contribution is 2.30. The lowest BCUT2D eigenvalue weighted by Crippen LogP contribution is -2.11. The van der Waals surface area contributed by atoms with E-state index < -0.39 is 5.97 Å². The Labute approximate surface area is 182 Å². The first-order valence-electron chi connectivity index (χ1n) is 10.2. The van der Waals surface area contributed by atoms with Gasteiger partial charge in [-0.3, -0.25) is 0 Å². The predicted octanol–water partition coefficient (Wildman–Crippen LogP) is 6.36. The van der Waals surface area contributed by atoms with Crippen LogP contribution in [0.25, 0.3) is 22.2 Å². The molecule has 0 fully saturated rings. The van der Waals surface area contributed by atoms with Gasteiger partial charge in [-0.25, -0.2) is 9.78 Å². The number of carbonyl (C=O) groups excluding carboxylic acids is 1. The molecule has 0 N–H and O–H groups in total. The molecular formula is C27H25NO3. The monoisotopic (exact) mass is 411 g/mol. The number of nitrogens with zero attached hydrogens (tertiary/aromatic N) is 1. The molecule has 0 aliphatic carbocycles. The number of aryl methyl sites for hydroxylation is 4. The van der Waals surface area contributed by atoms with Crippen LogP contribution >= 0.6 is 0 Å². The zero-order valence-corrected chi connectivity index (χ0v) is 18.4. The van der Waals surface area contributed by atoms with Gasteiger partial charge in [-0.1, -0.05) is 29.8 Å². The molecule has 4 rings (SSSR count). The third-order valence-corrected chi connectivity index (χ3v) is 5.24. The number of esters is 1. The van der Waals surface area contributed by atoms with Crippen LogP contribution in [0.2, 0.25) is 0 Å². The van der Waals surface area contributed by atoms with E-state index in [4.69, 9.17) is 14.5 Å². The number of carbonyl (C=O) groups is 1. The number of hydrogen-bond acceptors (Lipinski definition) is 4. The highest BCUT2D eigenvalue weighted by molar-refractivity contribution is 6.06. The Kier molecular flexibility index (Phi) is 5.47. The fraction of sp³-hybridized carbons (Fsp3) is 0.185. The van der Waals surface area contributed by atoms with Crippen LogP contribution in [0.15, 0.2) is 60.7 Å². The summed E-state index contributed by atoms with van der Waals surface area (Å²) in [4.78, 5) is 18.2. The molecule has 4 nitrogen and oxygen atoms in total. The minimum atomic E-state index is -0.397. The summed E-state index contributed by atoms with van der Waals surface area (Å²) in [5, 5.41) is 0.790. The van der Waals surface area contributed by atoms with Crippen LogP contribution in [0.4, 0.5) is 0 Å². The van der Waals surface area contributed by atoms with E-state index in [-0.39, 0.29) is 0 Å². The molecule has 0 saturated carbocycles. The zero-order chi connectivity index (χ0) is 22.1. The van der Waals surface area contributed by atoms with Crippen LogP contribution in [0, 0.1) is 27.7 Å². The van der Waals surface area contributed by atoms with Crippen molar-refractivity contribution in [2.75, 3.05) is 7.11 Å². The zero-order valence-electron chi connectivity index (χ0n) is 18.4. The van der Waals surface area contributed by atoms with Gasteiger partial charge in [0.25, 0.3) is 0 Å². The quantitative estimate of drug-likeness (QED) is 0.289. The van der Waals surface area contributed by atoms with E-state index in [0.29, 0.717) is 17.0 Å². The maximum absolute atomic E-state index is 13.3. The highest BCUT2D eigenvalue weighted by atomic mass is 16.5. The lowest BCUT2D eigenvalue weighted by Gasteiger charge is -2.13. The van der Waals surface area contributed by atoms with E-state index in [2.05, 4.69) is 6.07 Å². The van der Waals surface area contributed by atoms with Gasteiger partial charge in [0.2, 0.25) is 0 Å². The third kappa shape index (κ3) is 4.29. The number of rotatable bonds is 4. The molecule has 0 unspecified atom stereocenters. The van der Waals surface area contributed by atoms with Gasteiger partial charge in [0.1, 0.15) is 11.5 Å². The second-order valence-corrected chi connectivity index (χ2v) is 7.98. The first kappa shape index (κ1) is 20.6. The molecule has 0 aliphatic rings. The van der Waals surface area contributed by atoms with Crippen molar-refractivity contribution in [2.24, 2.45) is 0 Å². The van der Waals surface area contributed by atoms with Gasteiger partial charge in [0.05, 0.1) is 23.9 Å². The summed E-state index contributed by atoms with van der Waals surface area (Å²) >= 11 is 0. The van der Waals surface area contributed by atoms with Gasteiger partial charge in [-0.05, 0) is 80.8 Å². The summed E-state index contributed by atoms with van der Waals surface area (Å²) in [6, 6.07) is 19.3. The normalized spacial score (nSPS) is 10.9. The molecule has 4 heteroatoms. The van der Waals surface area contributed by atoms with E-state index in [0.717, 1.165) is 44.5 Å². The molecule has 1 heterocycles. The minimum Gasteiger partial charge on any atom is -0.497 e. The Morgan fingerprint density at radius 3 is 2.23 bits per heavy atom. The van der Waals surface area contributed by atoms with Gasteiger partial charge in [0, 0.05) is 10.9 Å². The van der Waals surface area contributed by atoms with E-state index >= 15 is 0 Å². The van der Waals surface area contributed by atoms with Gasteiger partial charge in [0.15, 0.2) is 0 Å². The third-order valence-electron chi connectivity index (χ3n) is 5.24. The van der Waals surface area contributed by atoms with Crippen LogP contribution in [-0.2, 0) is 0 Å². The SMILES string of the molecule is COc1cccc(-c2cc(C(=O)Oc3cc(C)cc(C)c3)c3cc(C)cc(C)c3n2)c1. The first-order valence-corrected chi connectivity index (χ1v) is 10.2. The molecule has 3 aromatic carbocycles. The van der Waals surface area contributed by atoms with Gasteiger partial charge >= 0.3 is 5.97 Å². The van der Waals surface area contributed by atoms with Crippen LogP contribution < -0.4 is 9.47 Å². The fourth-order valence-electron chi connectivity index (χ4n) is 3.93. The Hall–Kier alpha value is -3.66. The second-order valence-electron chi connectivity index (χ2n) is 7.98. The molecule has 1 aromatic heterocycles. The molecule has 0 aliphatic heterocycles. The number of methoxy groups -OCH3 is 1. The summed E-state index contributed by atoms with van der Waals surface area (Å²) in [7, 11) is 1.63. The number of pyridine rings is 1. The molecular weight excluding hydrogens is 386 g/mol. The molecule has 0 atom stereocenters. The number of hydrogen-bond donors (Lipinski definition) is 0. The summed E-state index contributed by atoms with van der Waals surface area (Å²) < 4.78 is 11.2. The minimum absolute atomic E-state index is 0.397. The van der Waals surface area contributed by atoms with E-state index in [9.17, 15) is 4.79 Å². The molecule has 0 saturated heterocycles. The van der Waals surface area contributed by atoms with Gasteiger partial charge < -0.3 is 9.47 Å². The average Bonchev–Trinajstić information content (AvgIpc) is 2.72. The second kappa shape index (κ2) is 8.23. The van der Waals surface area contributed by atoms with Crippen molar-refractivity contribution in [1.82, 2.24) is 4.98 Å². The van der Waals surface area contributed by atoms with Gasteiger partial charge in [-0.2, -0.15) is 0 Å². The maximum Gasteiger partial charge on any atom is 0.344 e. The van der Waals surface area contributed by atoms with Crippen molar-refractivity contribution in [3.8, 4) is 22.8 Å². The van der Waals surface area contributed by atoms with Crippen molar-refractivity contribution in [2.45, 2.75) is 27.7 Å². The van der Waals surface area contributed by atoms with Crippen molar-refractivity contribution < 1.29 is 14.3 Å². The van der Waals surface area contributed by atoms with Crippen LogP contribution in [0.5, 0.6) is 11.5 Å². The van der Waals surface area contributed by atoms with Crippen LogP contribution in [0.1, 0.15) is 32.6 Å². The summed E-state index contributed by atoms with van der Waals surface area (Å²) in [5.74, 6) is 0.880. The lowest BCUT2D eigenvalue weighted by molar-refractivity contribution is 0.0736. The molecule has 0 bridgehead atoms. The smallest absolute Gasteiger partial charge is 0.344 e. The number of benzene rings is 3. The standard InChI is InChI=1S/C27H25NO3/c1-16-9-17(2)12-22(11-16)31-27(29)24-15-25(20-7-6-8-21(14-20)30-5)28-26-19(4)10-18(3)13-23(24)26/h6-15H,1-5H3. The van der Waals surface area contributed by atoms with Crippen molar-refractivity contribution in [3.63, 3.8) is 0 Å². The Bertz CT molecular complexity index is 1290. The maximum atomic E-state index is 13.3. The highest BCUT2D eigenvalue weighted by Gasteiger charge is 2.18. The van der Waals surface area contributed by atoms with Crippen molar-refractivity contribution >= 4 is 16.9 Å².